The summed E-state index contributed by atoms with van der Waals surface area (Å²) in [6.07, 6.45) is -4.84. The molecule has 1 atom stereocenters. The second-order valence-electron chi connectivity index (χ2n) is 4.90. The Kier molecular flexibility index (Phi) is 8.70. The lowest BCUT2D eigenvalue weighted by Gasteiger charge is -2.34. The zero-order valence-electron chi connectivity index (χ0n) is 11.8. The van der Waals surface area contributed by atoms with Gasteiger partial charge in [-0.25, -0.2) is 0 Å². The van der Waals surface area contributed by atoms with Crippen molar-refractivity contribution in [2.75, 3.05) is 26.2 Å². The van der Waals surface area contributed by atoms with Gasteiger partial charge in [0, 0.05) is 32.6 Å². The molecule has 0 amide bonds. The minimum Gasteiger partial charge on any atom is -0.465 e. The van der Waals surface area contributed by atoms with Crippen LogP contribution in [0.15, 0.2) is 16.5 Å². The molecule has 0 bridgehead atoms. The number of hydrogen-bond donors (Lipinski definition) is 1. The highest BCUT2D eigenvalue weighted by Gasteiger charge is 2.32. The van der Waals surface area contributed by atoms with E-state index in [-0.39, 0.29) is 37.3 Å². The molecule has 0 saturated carbocycles. The Labute approximate surface area is 135 Å². The quantitative estimate of drug-likeness (QED) is 0.898. The van der Waals surface area contributed by atoms with Crippen LogP contribution in [0.2, 0.25) is 0 Å². The largest absolute Gasteiger partial charge is 0.465 e. The Morgan fingerprint density at radius 1 is 1.24 bits per heavy atom. The Morgan fingerprint density at radius 2 is 1.86 bits per heavy atom. The fourth-order valence-corrected chi connectivity index (χ4v) is 2.43. The SMILES string of the molecule is Cc1ccc([C@@H](CCC(F)(F)F)N2CCNCC2)o1.Cl.Cl. The third-order valence-electron chi connectivity index (χ3n) is 3.38. The van der Waals surface area contributed by atoms with E-state index in [4.69, 9.17) is 4.42 Å². The Bertz CT molecular complexity index is 406. The van der Waals surface area contributed by atoms with Crippen molar-refractivity contribution in [3.63, 3.8) is 0 Å². The molecule has 1 aliphatic heterocycles. The van der Waals surface area contributed by atoms with E-state index in [2.05, 4.69) is 10.2 Å². The summed E-state index contributed by atoms with van der Waals surface area (Å²) in [5, 5.41) is 3.20. The van der Waals surface area contributed by atoms with Gasteiger partial charge in [0.2, 0.25) is 0 Å². The highest BCUT2D eigenvalue weighted by molar-refractivity contribution is 5.85. The van der Waals surface area contributed by atoms with E-state index in [1.165, 1.54) is 0 Å². The molecule has 0 aromatic carbocycles. The predicted molar refractivity (Wildman–Crippen MR) is 80.4 cm³/mol. The topological polar surface area (TPSA) is 28.4 Å². The number of halogens is 5. The molecule has 1 N–H and O–H groups in total. The monoisotopic (exact) mass is 348 g/mol. The zero-order valence-corrected chi connectivity index (χ0v) is 13.4. The van der Waals surface area contributed by atoms with Crippen LogP contribution in [0.3, 0.4) is 0 Å². The van der Waals surface area contributed by atoms with Crippen LogP contribution >= 0.6 is 24.8 Å². The molecule has 3 nitrogen and oxygen atoms in total. The van der Waals surface area contributed by atoms with Crippen LogP contribution in [0, 0.1) is 6.92 Å². The smallest absolute Gasteiger partial charge is 0.389 e. The van der Waals surface area contributed by atoms with Crippen molar-refractivity contribution in [2.24, 2.45) is 0 Å². The lowest BCUT2D eigenvalue weighted by molar-refractivity contribution is -0.138. The van der Waals surface area contributed by atoms with Crippen molar-refractivity contribution in [1.82, 2.24) is 10.2 Å². The van der Waals surface area contributed by atoms with E-state index < -0.39 is 12.6 Å². The maximum absolute atomic E-state index is 12.4. The molecule has 21 heavy (non-hydrogen) atoms. The summed E-state index contributed by atoms with van der Waals surface area (Å²) in [5.41, 5.74) is 0. The van der Waals surface area contributed by atoms with Gasteiger partial charge in [-0.15, -0.1) is 24.8 Å². The van der Waals surface area contributed by atoms with Crippen molar-refractivity contribution in [3.05, 3.63) is 23.7 Å². The summed E-state index contributed by atoms with van der Waals surface area (Å²) in [6.45, 7) is 4.93. The summed E-state index contributed by atoms with van der Waals surface area (Å²) < 4.78 is 42.9. The van der Waals surface area contributed by atoms with Crippen LogP contribution < -0.4 is 5.32 Å². The molecule has 124 valence electrons. The number of nitrogens with zero attached hydrogens (tertiary/aromatic N) is 1. The molecule has 1 aromatic rings. The lowest BCUT2D eigenvalue weighted by atomic mass is 10.1. The first-order valence-corrected chi connectivity index (χ1v) is 6.53. The highest BCUT2D eigenvalue weighted by atomic mass is 35.5. The number of piperazine rings is 1. The standard InChI is InChI=1S/C13H19F3N2O.2ClH/c1-10-2-3-12(19-10)11(4-5-13(14,15)16)18-8-6-17-7-9-18;;/h2-3,11,17H,4-9H2,1H3;2*1H/t11-;;/m1../s1. The van der Waals surface area contributed by atoms with Crippen LogP contribution in [0.1, 0.15) is 30.4 Å². The van der Waals surface area contributed by atoms with Gasteiger partial charge in [-0.05, 0) is 25.5 Å². The average Bonchev–Trinajstić information content (AvgIpc) is 2.76. The summed E-state index contributed by atoms with van der Waals surface area (Å²) in [5.74, 6) is 1.38. The number of aryl methyl sites for hydroxylation is 1. The normalized spacial score (nSPS) is 17.7. The van der Waals surface area contributed by atoms with Crippen molar-refractivity contribution in [3.8, 4) is 0 Å². The van der Waals surface area contributed by atoms with E-state index in [0.717, 1.165) is 31.9 Å². The van der Waals surface area contributed by atoms with Crippen molar-refractivity contribution >= 4 is 24.8 Å². The van der Waals surface area contributed by atoms with Gasteiger partial charge in [0.05, 0.1) is 6.04 Å². The summed E-state index contributed by atoms with van der Waals surface area (Å²) in [4.78, 5) is 2.07. The highest BCUT2D eigenvalue weighted by Crippen LogP contribution is 2.32. The molecule has 1 aromatic heterocycles. The molecule has 1 aliphatic rings. The first-order valence-electron chi connectivity index (χ1n) is 6.53. The number of hydrogen-bond acceptors (Lipinski definition) is 3. The maximum Gasteiger partial charge on any atom is 0.389 e. The van der Waals surface area contributed by atoms with Crippen LogP contribution in [-0.2, 0) is 0 Å². The fourth-order valence-electron chi connectivity index (χ4n) is 2.43. The van der Waals surface area contributed by atoms with Gasteiger partial charge >= 0.3 is 6.18 Å². The maximum atomic E-state index is 12.4. The molecule has 8 heteroatoms. The van der Waals surface area contributed by atoms with Crippen LogP contribution in [-0.4, -0.2) is 37.3 Å². The van der Waals surface area contributed by atoms with Crippen LogP contribution in [0.25, 0.3) is 0 Å². The van der Waals surface area contributed by atoms with E-state index in [1.807, 2.05) is 6.92 Å². The third-order valence-corrected chi connectivity index (χ3v) is 3.38. The predicted octanol–water partition coefficient (Wildman–Crippen LogP) is 3.72. The van der Waals surface area contributed by atoms with Crippen molar-refractivity contribution in [1.29, 1.82) is 0 Å². The number of alkyl halides is 3. The van der Waals surface area contributed by atoms with Gasteiger partial charge in [0.1, 0.15) is 11.5 Å². The lowest BCUT2D eigenvalue weighted by Crippen LogP contribution is -2.45. The van der Waals surface area contributed by atoms with E-state index >= 15 is 0 Å². The van der Waals surface area contributed by atoms with Gasteiger partial charge < -0.3 is 9.73 Å². The summed E-state index contributed by atoms with van der Waals surface area (Å²) in [7, 11) is 0. The molecule has 2 heterocycles. The molecule has 0 unspecified atom stereocenters. The number of furan rings is 1. The third kappa shape index (κ3) is 6.46. The second kappa shape index (κ2) is 8.88. The average molecular weight is 349 g/mol. The van der Waals surface area contributed by atoms with E-state index in [0.29, 0.717) is 5.76 Å². The minimum absolute atomic E-state index is 0. The van der Waals surface area contributed by atoms with Crippen molar-refractivity contribution in [2.45, 2.75) is 32.0 Å². The molecule has 0 radical (unpaired) electrons. The first-order chi connectivity index (χ1) is 8.96. The zero-order chi connectivity index (χ0) is 13.9. The molecule has 0 aliphatic carbocycles. The van der Waals surface area contributed by atoms with Crippen LogP contribution in [0.5, 0.6) is 0 Å². The Hall–Kier alpha value is -0.430. The first kappa shape index (κ1) is 20.6. The Balaban J connectivity index is 0.00000200. The van der Waals surface area contributed by atoms with Gasteiger partial charge in [-0.3, -0.25) is 4.90 Å². The number of rotatable bonds is 4. The molecule has 1 saturated heterocycles. The Morgan fingerprint density at radius 3 is 2.33 bits per heavy atom. The molecule has 0 spiro atoms. The van der Waals surface area contributed by atoms with Crippen molar-refractivity contribution < 1.29 is 17.6 Å². The minimum atomic E-state index is -4.12. The van der Waals surface area contributed by atoms with Gasteiger partial charge in [0.15, 0.2) is 0 Å². The fraction of sp³-hybridized carbons (Fsp3) is 0.692. The second-order valence-corrected chi connectivity index (χ2v) is 4.90. The van der Waals surface area contributed by atoms with Gasteiger partial charge in [-0.2, -0.15) is 13.2 Å². The molecule has 1 fully saturated rings. The van der Waals surface area contributed by atoms with Gasteiger partial charge in [0.25, 0.3) is 0 Å². The summed E-state index contributed by atoms with van der Waals surface area (Å²) >= 11 is 0. The molecular formula is C13H21Cl2F3N2O. The number of nitrogens with one attached hydrogen (secondary N) is 1. The molecule has 2 rings (SSSR count). The van der Waals surface area contributed by atoms with Gasteiger partial charge in [-0.1, -0.05) is 0 Å². The van der Waals surface area contributed by atoms with E-state index in [9.17, 15) is 13.2 Å². The van der Waals surface area contributed by atoms with E-state index in [1.54, 1.807) is 12.1 Å². The van der Waals surface area contributed by atoms with Crippen LogP contribution in [0.4, 0.5) is 13.2 Å². The summed E-state index contributed by atoms with van der Waals surface area (Å²) in [6, 6.07) is 3.31. The molecular weight excluding hydrogens is 328 g/mol.